The third-order valence-electron chi connectivity index (χ3n) is 4.91. The highest BCUT2D eigenvalue weighted by atomic mass is 16.3. The van der Waals surface area contributed by atoms with Gasteiger partial charge in [-0.3, -0.25) is 4.79 Å². The molecule has 2 fully saturated rings. The standard InChI is InChI=1S/C16H29NO2/c1-16(19)10-5-12-17(13-11-16)15(18)9-8-14-6-3-2-4-7-14/h14,19H,2-13H2,1H3. The van der Waals surface area contributed by atoms with Gasteiger partial charge in [0.05, 0.1) is 5.60 Å². The van der Waals surface area contributed by atoms with Crippen LogP contribution in [0.4, 0.5) is 0 Å². The molecular weight excluding hydrogens is 238 g/mol. The average molecular weight is 267 g/mol. The summed E-state index contributed by atoms with van der Waals surface area (Å²) in [5, 5.41) is 10.0. The fourth-order valence-corrected chi connectivity index (χ4v) is 3.47. The quantitative estimate of drug-likeness (QED) is 0.853. The van der Waals surface area contributed by atoms with Crippen LogP contribution < -0.4 is 0 Å². The van der Waals surface area contributed by atoms with E-state index in [1.54, 1.807) is 0 Å². The average Bonchev–Trinajstić information content (AvgIpc) is 2.58. The van der Waals surface area contributed by atoms with Gasteiger partial charge in [-0.15, -0.1) is 0 Å². The lowest BCUT2D eigenvalue weighted by atomic mass is 9.86. The van der Waals surface area contributed by atoms with Gasteiger partial charge in [0, 0.05) is 19.5 Å². The molecule has 0 spiro atoms. The second-order valence-electron chi connectivity index (χ2n) is 6.77. The third-order valence-corrected chi connectivity index (χ3v) is 4.91. The number of rotatable bonds is 3. The summed E-state index contributed by atoms with van der Waals surface area (Å²) in [6.07, 6.45) is 11.0. The Morgan fingerprint density at radius 2 is 1.89 bits per heavy atom. The number of hydrogen-bond donors (Lipinski definition) is 1. The van der Waals surface area contributed by atoms with Crippen molar-refractivity contribution in [1.82, 2.24) is 4.90 Å². The van der Waals surface area contributed by atoms with Crippen LogP contribution in [0.1, 0.15) is 71.1 Å². The van der Waals surface area contributed by atoms with Gasteiger partial charge < -0.3 is 10.0 Å². The Bertz CT molecular complexity index is 295. The Morgan fingerprint density at radius 1 is 1.16 bits per heavy atom. The summed E-state index contributed by atoms with van der Waals surface area (Å²) < 4.78 is 0. The Morgan fingerprint density at radius 3 is 2.63 bits per heavy atom. The van der Waals surface area contributed by atoms with E-state index in [0.717, 1.165) is 44.7 Å². The largest absolute Gasteiger partial charge is 0.390 e. The van der Waals surface area contributed by atoms with Crippen molar-refractivity contribution in [3.8, 4) is 0 Å². The van der Waals surface area contributed by atoms with Crippen LogP contribution in [-0.2, 0) is 4.79 Å². The van der Waals surface area contributed by atoms with Gasteiger partial charge in [-0.25, -0.2) is 0 Å². The Kier molecular flexibility index (Phi) is 5.26. The predicted octanol–water partition coefficient (Wildman–Crippen LogP) is 3.11. The molecule has 1 heterocycles. The minimum absolute atomic E-state index is 0.309. The maximum absolute atomic E-state index is 12.2. The van der Waals surface area contributed by atoms with E-state index in [0.29, 0.717) is 12.3 Å². The molecule has 0 bridgehead atoms. The lowest BCUT2D eigenvalue weighted by Gasteiger charge is -2.25. The molecule has 1 amide bonds. The highest BCUT2D eigenvalue weighted by Crippen LogP contribution is 2.28. The summed E-state index contributed by atoms with van der Waals surface area (Å²) in [6, 6.07) is 0. The van der Waals surface area contributed by atoms with Crippen LogP contribution in [0.2, 0.25) is 0 Å². The zero-order valence-corrected chi connectivity index (χ0v) is 12.4. The zero-order chi connectivity index (χ0) is 13.7. The van der Waals surface area contributed by atoms with Gasteiger partial charge in [0.1, 0.15) is 0 Å². The molecule has 1 N–H and O–H groups in total. The molecule has 0 aromatic rings. The first-order valence-corrected chi connectivity index (χ1v) is 8.07. The van der Waals surface area contributed by atoms with Crippen molar-refractivity contribution in [3.05, 3.63) is 0 Å². The van der Waals surface area contributed by atoms with Crippen LogP contribution >= 0.6 is 0 Å². The van der Waals surface area contributed by atoms with Gasteiger partial charge in [0.2, 0.25) is 5.91 Å². The Balaban J connectivity index is 1.73. The molecule has 1 unspecified atom stereocenters. The van der Waals surface area contributed by atoms with Crippen LogP contribution in [0, 0.1) is 5.92 Å². The summed E-state index contributed by atoms with van der Waals surface area (Å²) in [7, 11) is 0. The Hall–Kier alpha value is -0.570. The smallest absolute Gasteiger partial charge is 0.222 e. The van der Waals surface area contributed by atoms with E-state index in [1.807, 2.05) is 11.8 Å². The lowest BCUT2D eigenvalue weighted by Crippen LogP contribution is -2.33. The van der Waals surface area contributed by atoms with Gasteiger partial charge >= 0.3 is 0 Å². The van der Waals surface area contributed by atoms with Gasteiger partial charge in [0.25, 0.3) is 0 Å². The monoisotopic (exact) mass is 267 g/mol. The van der Waals surface area contributed by atoms with Gasteiger partial charge in [0.15, 0.2) is 0 Å². The van der Waals surface area contributed by atoms with Crippen molar-refractivity contribution in [2.75, 3.05) is 13.1 Å². The minimum atomic E-state index is -0.571. The molecule has 1 saturated heterocycles. The van der Waals surface area contributed by atoms with Crippen molar-refractivity contribution in [1.29, 1.82) is 0 Å². The predicted molar refractivity (Wildman–Crippen MR) is 76.9 cm³/mol. The van der Waals surface area contributed by atoms with Crippen molar-refractivity contribution >= 4 is 5.91 Å². The molecule has 3 heteroatoms. The number of likely N-dealkylation sites (tertiary alicyclic amines) is 1. The molecule has 0 aromatic heterocycles. The summed E-state index contributed by atoms with van der Waals surface area (Å²) in [6.45, 7) is 3.46. The lowest BCUT2D eigenvalue weighted by molar-refractivity contribution is -0.131. The third kappa shape index (κ3) is 4.79. The van der Waals surface area contributed by atoms with E-state index in [-0.39, 0.29) is 0 Å². The molecule has 1 aliphatic heterocycles. The van der Waals surface area contributed by atoms with Crippen molar-refractivity contribution < 1.29 is 9.90 Å². The number of carbonyl (C=O) groups is 1. The molecule has 1 atom stereocenters. The van der Waals surface area contributed by atoms with Crippen LogP contribution in [0.25, 0.3) is 0 Å². The highest BCUT2D eigenvalue weighted by Gasteiger charge is 2.27. The van der Waals surface area contributed by atoms with Gasteiger partial charge in [-0.05, 0) is 38.5 Å². The number of hydrogen-bond acceptors (Lipinski definition) is 2. The van der Waals surface area contributed by atoms with Crippen LogP contribution in [0.3, 0.4) is 0 Å². The fraction of sp³-hybridized carbons (Fsp3) is 0.938. The molecule has 2 rings (SSSR count). The number of aliphatic hydroxyl groups is 1. The fourth-order valence-electron chi connectivity index (χ4n) is 3.47. The van der Waals surface area contributed by atoms with Crippen LogP contribution in [-0.4, -0.2) is 34.6 Å². The molecule has 1 saturated carbocycles. The Labute approximate surface area is 117 Å². The summed E-state index contributed by atoms with van der Waals surface area (Å²) >= 11 is 0. The normalized spacial score (nSPS) is 30.1. The van der Waals surface area contributed by atoms with E-state index in [9.17, 15) is 9.90 Å². The van der Waals surface area contributed by atoms with Gasteiger partial charge in [-0.2, -0.15) is 0 Å². The van der Waals surface area contributed by atoms with E-state index in [4.69, 9.17) is 0 Å². The molecule has 110 valence electrons. The molecule has 2 aliphatic rings. The molecule has 0 radical (unpaired) electrons. The van der Waals surface area contributed by atoms with Crippen LogP contribution in [0.5, 0.6) is 0 Å². The molecule has 0 aromatic carbocycles. The summed E-state index contributed by atoms with van der Waals surface area (Å²) in [5.74, 6) is 1.09. The van der Waals surface area contributed by atoms with Crippen LogP contribution in [0.15, 0.2) is 0 Å². The van der Waals surface area contributed by atoms with E-state index in [1.165, 1.54) is 32.1 Å². The van der Waals surface area contributed by atoms with E-state index < -0.39 is 5.60 Å². The SMILES string of the molecule is CC1(O)CCCN(C(=O)CCC2CCCCC2)CC1. The van der Waals surface area contributed by atoms with Gasteiger partial charge in [-0.1, -0.05) is 32.1 Å². The summed E-state index contributed by atoms with van der Waals surface area (Å²) in [5.41, 5.74) is -0.571. The minimum Gasteiger partial charge on any atom is -0.390 e. The first-order chi connectivity index (χ1) is 9.07. The number of carbonyl (C=O) groups excluding carboxylic acids is 1. The van der Waals surface area contributed by atoms with E-state index in [2.05, 4.69) is 0 Å². The van der Waals surface area contributed by atoms with E-state index >= 15 is 0 Å². The molecule has 3 nitrogen and oxygen atoms in total. The molecule has 1 aliphatic carbocycles. The van der Waals surface area contributed by atoms with Crippen molar-refractivity contribution in [2.45, 2.75) is 76.7 Å². The summed E-state index contributed by atoms with van der Waals surface area (Å²) in [4.78, 5) is 14.2. The zero-order valence-electron chi connectivity index (χ0n) is 12.4. The van der Waals surface area contributed by atoms with Crippen molar-refractivity contribution in [3.63, 3.8) is 0 Å². The second-order valence-corrected chi connectivity index (χ2v) is 6.77. The molecular formula is C16H29NO2. The highest BCUT2D eigenvalue weighted by molar-refractivity contribution is 5.76. The second kappa shape index (κ2) is 6.74. The number of amides is 1. The first kappa shape index (κ1) is 14.8. The van der Waals surface area contributed by atoms with Crippen molar-refractivity contribution in [2.24, 2.45) is 5.92 Å². The maximum atomic E-state index is 12.2. The first-order valence-electron chi connectivity index (χ1n) is 8.07. The number of nitrogens with zero attached hydrogens (tertiary/aromatic N) is 1. The molecule has 19 heavy (non-hydrogen) atoms. The maximum Gasteiger partial charge on any atom is 0.222 e. The topological polar surface area (TPSA) is 40.5 Å².